The number of aromatic nitrogens is 2. The number of carbonyl (C=O) groups is 2. The molecule has 1 aromatic heterocycles. The number of ketones is 2. The Kier molecular flexibility index (Phi) is 3.80. The number of fused-ring (bicyclic) bond motifs is 1. The Morgan fingerprint density at radius 2 is 1.79 bits per heavy atom. The molecule has 1 aliphatic carbocycles. The quantitative estimate of drug-likeness (QED) is 0.511. The topological polar surface area (TPSA) is 62.8 Å². The van der Waals surface area contributed by atoms with Crippen LogP contribution in [0.1, 0.15) is 27.5 Å². The number of rotatable bonds is 3. The van der Waals surface area contributed by atoms with Crippen molar-refractivity contribution in [2.45, 2.75) is 12.3 Å². The van der Waals surface area contributed by atoms with Crippen LogP contribution in [0.25, 0.3) is 11.3 Å². The zero-order valence-electron chi connectivity index (χ0n) is 12.6. The molecular formula is C19H13IN2O2. The Hall–Kier alpha value is -2.28. The van der Waals surface area contributed by atoms with Gasteiger partial charge >= 0.3 is 0 Å². The SMILES string of the molecule is O=C1C(=O)C(Cc2cc(-c3ccc(I)cc3)n[nH]2)c2ccccc21. The van der Waals surface area contributed by atoms with Crippen molar-refractivity contribution in [3.63, 3.8) is 0 Å². The van der Waals surface area contributed by atoms with Gasteiger partial charge in [-0.05, 0) is 46.4 Å². The minimum Gasteiger partial charge on any atom is -0.290 e. The maximum atomic E-state index is 12.3. The highest BCUT2D eigenvalue weighted by Crippen LogP contribution is 2.33. The van der Waals surface area contributed by atoms with Gasteiger partial charge in [-0.25, -0.2) is 0 Å². The molecule has 1 N–H and O–H groups in total. The number of H-pyrrole nitrogens is 1. The van der Waals surface area contributed by atoms with E-state index in [1.807, 2.05) is 42.5 Å². The number of Topliss-reactive ketones (excluding diaryl/α,β-unsaturated/α-hetero) is 2. The Morgan fingerprint density at radius 1 is 1.04 bits per heavy atom. The third-order valence-corrected chi connectivity index (χ3v) is 5.04. The maximum absolute atomic E-state index is 12.3. The second kappa shape index (κ2) is 5.98. The van der Waals surface area contributed by atoms with Crippen LogP contribution in [0, 0.1) is 3.57 Å². The van der Waals surface area contributed by atoms with E-state index in [1.54, 1.807) is 12.1 Å². The van der Waals surface area contributed by atoms with Gasteiger partial charge in [-0.1, -0.05) is 36.4 Å². The number of hydrogen-bond acceptors (Lipinski definition) is 3. The number of hydrogen-bond donors (Lipinski definition) is 1. The van der Waals surface area contributed by atoms with Crippen molar-refractivity contribution in [3.8, 4) is 11.3 Å². The molecule has 4 nitrogen and oxygen atoms in total. The summed E-state index contributed by atoms with van der Waals surface area (Å²) in [6, 6.07) is 17.3. The Labute approximate surface area is 152 Å². The molecule has 3 aromatic rings. The van der Waals surface area contributed by atoms with Crippen molar-refractivity contribution < 1.29 is 9.59 Å². The molecule has 0 spiro atoms. The number of benzene rings is 2. The Balaban J connectivity index is 1.62. The van der Waals surface area contributed by atoms with Crippen molar-refractivity contribution in [2.24, 2.45) is 0 Å². The Morgan fingerprint density at radius 3 is 2.58 bits per heavy atom. The third-order valence-electron chi connectivity index (χ3n) is 4.32. The van der Waals surface area contributed by atoms with Gasteiger partial charge in [0.15, 0.2) is 0 Å². The van der Waals surface area contributed by atoms with Crippen molar-refractivity contribution in [3.05, 3.63) is 75.0 Å². The van der Waals surface area contributed by atoms with Crippen molar-refractivity contribution >= 4 is 34.2 Å². The minimum absolute atomic E-state index is 0.332. The molecule has 0 radical (unpaired) electrons. The van der Waals surface area contributed by atoms with Gasteiger partial charge in [-0.3, -0.25) is 14.7 Å². The van der Waals surface area contributed by atoms with E-state index in [4.69, 9.17) is 0 Å². The average molecular weight is 428 g/mol. The average Bonchev–Trinajstić information content (AvgIpc) is 3.16. The molecule has 4 rings (SSSR count). The highest BCUT2D eigenvalue weighted by molar-refractivity contribution is 14.1. The molecule has 5 heteroatoms. The lowest BCUT2D eigenvalue weighted by molar-refractivity contribution is -0.115. The molecule has 1 atom stereocenters. The van der Waals surface area contributed by atoms with Crippen LogP contribution in [0.5, 0.6) is 0 Å². The molecule has 0 saturated heterocycles. The van der Waals surface area contributed by atoms with Gasteiger partial charge in [0.1, 0.15) is 0 Å². The van der Waals surface area contributed by atoms with E-state index in [0.717, 1.165) is 22.5 Å². The molecule has 0 bridgehead atoms. The highest BCUT2D eigenvalue weighted by Gasteiger charge is 2.38. The molecule has 118 valence electrons. The predicted molar refractivity (Wildman–Crippen MR) is 99.0 cm³/mol. The minimum atomic E-state index is -0.418. The zero-order valence-corrected chi connectivity index (χ0v) is 14.8. The normalized spacial score (nSPS) is 16.5. The lowest BCUT2D eigenvalue weighted by Crippen LogP contribution is -2.14. The monoisotopic (exact) mass is 428 g/mol. The Bertz CT molecular complexity index is 944. The van der Waals surface area contributed by atoms with E-state index in [0.29, 0.717) is 12.0 Å². The molecule has 0 amide bonds. The lowest BCUT2D eigenvalue weighted by Gasteiger charge is -2.07. The molecule has 0 saturated carbocycles. The molecule has 0 fully saturated rings. The summed E-state index contributed by atoms with van der Waals surface area (Å²) in [6.07, 6.45) is 0.457. The van der Waals surface area contributed by atoms with Crippen LogP contribution in [0.15, 0.2) is 54.6 Å². The molecule has 2 aromatic carbocycles. The summed E-state index contributed by atoms with van der Waals surface area (Å²) in [7, 11) is 0. The summed E-state index contributed by atoms with van der Waals surface area (Å²) in [5.74, 6) is -1.13. The van der Waals surface area contributed by atoms with Gasteiger partial charge in [0.2, 0.25) is 11.6 Å². The van der Waals surface area contributed by atoms with Gasteiger partial charge in [-0.15, -0.1) is 0 Å². The van der Waals surface area contributed by atoms with E-state index >= 15 is 0 Å². The first-order chi connectivity index (χ1) is 11.6. The van der Waals surface area contributed by atoms with Crippen LogP contribution in [-0.4, -0.2) is 21.8 Å². The summed E-state index contributed by atoms with van der Waals surface area (Å²) < 4.78 is 1.17. The second-order valence-corrected chi connectivity index (χ2v) is 7.07. The zero-order chi connectivity index (χ0) is 16.7. The smallest absolute Gasteiger partial charge is 0.229 e. The number of nitrogens with one attached hydrogen (secondary N) is 1. The number of halogens is 1. The van der Waals surface area contributed by atoms with E-state index < -0.39 is 5.92 Å². The van der Waals surface area contributed by atoms with E-state index in [2.05, 4.69) is 32.8 Å². The number of nitrogens with zero attached hydrogens (tertiary/aromatic N) is 1. The first kappa shape index (κ1) is 15.3. The summed E-state index contributed by atoms with van der Waals surface area (Å²) in [6.45, 7) is 0. The van der Waals surface area contributed by atoms with E-state index in [1.165, 1.54) is 3.57 Å². The first-order valence-corrected chi connectivity index (χ1v) is 8.69. The van der Waals surface area contributed by atoms with Crippen LogP contribution in [0.3, 0.4) is 0 Å². The molecule has 0 aliphatic heterocycles. The van der Waals surface area contributed by atoms with Gasteiger partial charge in [0.05, 0.1) is 11.6 Å². The second-order valence-electron chi connectivity index (χ2n) is 5.82. The van der Waals surface area contributed by atoms with Gasteiger partial charge in [-0.2, -0.15) is 5.10 Å². The fourth-order valence-corrected chi connectivity index (χ4v) is 3.46. The molecular weight excluding hydrogens is 415 g/mol. The molecule has 1 aliphatic rings. The van der Waals surface area contributed by atoms with Gasteiger partial charge < -0.3 is 0 Å². The van der Waals surface area contributed by atoms with Crippen LogP contribution in [0.2, 0.25) is 0 Å². The van der Waals surface area contributed by atoms with Crippen molar-refractivity contribution in [1.29, 1.82) is 0 Å². The largest absolute Gasteiger partial charge is 0.290 e. The summed E-state index contributed by atoms with van der Waals surface area (Å²) in [5, 5.41) is 7.33. The predicted octanol–water partition coefficient (Wildman–Crippen LogP) is 3.77. The van der Waals surface area contributed by atoms with Crippen molar-refractivity contribution in [1.82, 2.24) is 10.2 Å². The van der Waals surface area contributed by atoms with Crippen LogP contribution < -0.4 is 0 Å². The maximum Gasteiger partial charge on any atom is 0.229 e. The molecule has 24 heavy (non-hydrogen) atoms. The van der Waals surface area contributed by atoms with Crippen LogP contribution >= 0.6 is 22.6 Å². The standard InChI is InChI=1S/C19H13IN2O2/c20-12-7-5-11(6-8-12)17-10-13(21-22-17)9-16-14-3-1-2-4-15(14)18(23)19(16)24/h1-8,10,16H,9H2,(H,21,22). The van der Waals surface area contributed by atoms with E-state index in [9.17, 15) is 9.59 Å². The van der Waals surface area contributed by atoms with Crippen molar-refractivity contribution in [2.75, 3.05) is 0 Å². The highest BCUT2D eigenvalue weighted by atomic mass is 127. The lowest BCUT2D eigenvalue weighted by atomic mass is 9.95. The van der Waals surface area contributed by atoms with Crippen LogP contribution in [-0.2, 0) is 11.2 Å². The fourth-order valence-electron chi connectivity index (χ4n) is 3.10. The molecule has 1 heterocycles. The fraction of sp³-hybridized carbons (Fsp3) is 0.105. The summed E-state index contributed by atoms with van der Waals surface area (Å²) in [4.78, 5) is 24.4. The number of carbonyl (C=O) groups excluding carboxylic acids is 2. The first-order valence-electron chi connectivity index (χ1n) is 7.61. The molecule has 1 unspecified atom stereocenters. The number of aromatic amines is 1. The van der Waals surface area contributed by atoms with Gasteiger partial charge in [0, 0.05) is 26.8 Å². The summed E-state index contributed by atoms with van der Waals surface area (Å²) in [5.41, 5.74) is 4.06. The van der Waals surface area contributed by atoms with Crippen LogP contribution in [0.4, 0.5) is 0 Å². The summed E-state index contributed by atoms with van der Waals surface area (Å²) >= 11 is 2.26. The van der Waals surface area contributed by atoms with Gasteiger partial charge in [0.25, 0.3) is 0 Å². The van der Waals surface area contributed by atoms with E-state index in [-0.39, 0.29) is 11.6 Å². The third kappa shape index (κ3) is 2.58.